The Morgan fingerprint density at radius 2 is 2.12 bits per heavy atom. The van der Waals surface area contributed by atoms with Crippen LogP contribution in [0.3, 0.4) is 0 Å². The molecule has 1 aromatic rings. The molecule has 2 atom stereocenters. The molecule has 0 radical (unpaired) electrons. The zero-order valence-corrected chi connectivity index (χ0v) is 9.32. The molecule has 0 unspecified atom stereocenters. The molecule has 1 saturated heterocycles. The lowest BCUT2D eigenvalue weighted by Crippen LogP contribution is -2.55. The molecule has 16 heavy (non-hydrogen) atoms. The van der Waals surface area contributed by atoms with Crippen LogP contribution in [0.5, 0.6) is 0 Å². The number of nitrogens with one attached hydrogen (secondary N) is 1. The van der Waals surface area contributed by atoms with Gasteiger partial charge in [0, 0.05) is 25.2 Å². The molecule has 2 nitrogen and oxygen atoms in total. The molecule has 0 spiro atoms. The SMILES string of the molecule is Fc1ccccc1N1CCN[C@H]2CCC[C@@H]21. The summed E-state index contributed by atoms with van der Waals surface area (Å²) in [5, 5.41) is 3.54. The van der Waals surface area contributed by atoms with Gasteiger partial charge >= 0.3 is 0 Å². The highest BCUT2D eigenvalue weighted by Crippen LogP contribution is 2.31. The van der Waals surface area contributed by atoms with Crippen molar-refractivity contribution in [3.63, 3.8) is 0 Å². The first kappa shape index (κ1) is 10.1. The number of hydrogen-bond donors (Lipinski definition) is 1. The fraction of sp³-hybridized carbons (Fsp3) is 0.538. The summed E-state index contributed by atoms with van der Waals surface area (Å²) in [5.74, 6) is -0.0879. The van der Waals surface area contributed by atoms with E-state index in [2.05, 4.69) is 10.2 Å². The number of nitrogens with zero attached hydrogens (tertiary/aromatic N) is 1. The van der Waals surface area contributed by atoms with E-state index in [1.54, 1.807) is 12.1 Å². The molecule has 1 aromatic carbocycles. The van der Waals surface area contributed by atoms with E-state index in [0.29, 0.717) is 12.1 Å². The quantitative estimate of drug-likeness (QED) is 0.780. The molecule has 0 aromatic heterocycles. The number of halogens is 1. The Morgan fingerprint density at radius 3 is 3.00 bits per heavy atom. The van der Waals surface area contributed by atoms with Crippen LogP contribution in [0.25, 0.3) is 0 Å². The number of benzene rings is 1. The largest absolute Gasteiger partial charge is 0.363 e. The van der Waals surface area contributed by atoms with Crippen molar-refractivity contribution in [1.82, 2.24) is 5.32 Å². The van der Waals surface area contributed by atoms with Crippen LogP contribution in [-0.2, 0) is 0 Å². The first-order chi connectivity index (χ1) is 7.86. The number of anilines is 1. The molecule has 0 bridgehead atoms. The van der Waals surface area contributed by atoms with E-state index in [-0.39, 0.29) is 5.82 Å². The van der Waals surface area contributed by atoms with E-state index in [1.165, 1.54) is 19.3 Å². The molecule has 1 aliphatic carbocycles. The van der Waals surface area contributed by atoms with Crippen LogP contribution in [-0.4, -0.2) is 25.2 Å². The highest BCUT2D eigenvalue weighted by Gasteiger charge is 2.35. The summed E-state index contributed by atoms with van der Waals surface area (Å²) in [4.78, 5) is 2.25. The van der Waals surface area contributed by atoms with Crippen molar-refractivity contribution in [2.45, 2.75) is 31.3 Å². The molecule has 3 heteroatoms. The van der Waals surface area contributed by atoms with E-state index in [4.69, 9.17) is 0 Å². The van der Waals surface area contributed by atoms with Crippen molar-refractivity contribution < 1.29 is 4.39 Å². The predicted octanol–water partition coefficient (Wildman–Crippen LogP) is 2.16. The summed E-state index contributed by atoms with van der Waals surface area (Å²) in [6.45, 7) is 1.89. The number of rotatable bonds is 1. The molecule has 1 heterocycles. The summed E-state index contributed by atoms with van der Waals surface area (Å²) < 4.78 is 13.8. The first-order valence-corrected chi connectivity index (χ1v) is 6.11. The zero-order valence-electron chi connectivity index (χ0n) is 9.32. The number of fused-ring (bicyclic) bond motifs is 1. The van der Waals surface area contributed by atoms with E-state index >= 15 is 0 Å². The Kier molecular flexibility index (Phi) is 2.56. The fourth-order valence-corrected chi connectivity index (χ4v) is 3.07. The minimum absolute atomic E-state index is 0.0879. The summed E-state index contributed by atoms with van der Waals surface area (Å²) in [6, 6.07) is 8.19. The molecule has 2 fully saturated rings. The highest BCUT2D eigenvalue weighted by atomic mass is 19.1. The maximum atomic E-state index is 13.8. The molecule has 3 rings (SSSR count). The van der Waals surface area contributed by atoms with E-state index in [9.17, 15) is 4.39 Å². The van der Waals surface area contributed by atoms with Crippen LogP contribution in [0.15, 0.2) is 24.3 Å². The van der Waals surface area contributed by atoms with Crippen LogP contribution < -0.4 is 10.2 Å². The van der Waals surface area contributed by atoms with Gasteiger partial charge in [-0.3, -0.25) is 0 Å². The highest BCUT2D eigenvalue weighted by molar-refractivity contribution is 5.49. The third kappa shape index (κ3) is 1.59. The van der Waals surface area contributed by atoms with Gasteiger partial charge < -0.3 is 10.2 Å². The Morgan fingerprint density at radius 1 is 1.25 bits per heavy atom. The van der Waals surface area contributed by atoms with Gasteiger partial charge in [-0.15, -0.1) is 0 Å². The second kappa shape index (κ2) is 4.06. The van der Waals surface area contributed by atoms with Crippen LogP contribution in [0.4, 0.5) is 10.1 Å². The minimum Gasteiger partial charge on any atom is -0.363 e. The Balaban J connectivity index is 1.91. The van der Waals surface area contributed by atoms with Crippen molar-refractivity contribution in [2.24, 2.45) is 0 Å². The van der Waals surface area contributed by atoms with Gasteiger partial charge in [-0.25, -0.2) is 4.39 Å². The van der Waals surface area contributed by atoms with Crippen LogP contribution in [0, 0.1) is 5.82 Å². The van der Waals surface area contributed by atoms with Gasteiger partial charge in [0.1, 0.15) is 5.82 Å². The Labute approximate surface area is 95.4 Å². The number of hydrogen-bond acceptors (Lipinski definition) is 2. The lowest BCUT2D eigenvalue weighted by atomic mass is 10.1. The van der Waals surface area contributed by atoms with Crippen LogP contribution in [0.1, 0.15) is 19.3 Å². The average Bonchev–Trinajstić information content (AvgIpc) is 2.77. The minimum atomic E-state index is -0.0879. The van der Waals surface area contributed by atoms with Gasteiger partial charge in [0.05, 0.1) is 5.69 Å². The maximum Gasteiger partial charge on any atom is 0.146 e. The Bertz CT molecular complexity index is 380. The van der Waals surface area contributed by atoms with E-state index < -0.39 is 0 Å². The second-order valence-corrected chi connectivity index (χ2v) is 4.70. The number of para-hydroxylation sites is 1. The smallest absolute Gasteiger partial charge is 0.146 e. The van der Waals surface area contributed by atoms with Gasteiger partial charge in [0.25, 0.3) is 0 Å². The predicted molar refractivity (Wildman–Crippen MR) is 63.2 cm³/mol. The van der Waals surface area contributed by atoms with Crippen LogP contribution >= 0.6 is 0 Å². The third-order valence-electron chi connectivity index (χ3n) is 3.80. The molecule has 1 saturated carbocycles. The van der Waals surface area contributed by atoms with Crippen LogP contribution in [0.2, 0.25) is 0 Å². The zero-order chi connectivity index (χ0) is 11.0. The summed E-state index contributed by atoms with van der Waals surface area (Å²) in [5.41, 5.74) is 0.779. The van der Waals surface area contributed by atoms with E-state index in [1.807, 2.05) is 12.1 Å². The molecule has 1 N–H and O–H groups in total. The standard InChI is InChI=1S/C13H17FN2/c14-10-4-1-2-6-12(10)16-9-8-15-11-5-3-7-13(11)16/h1-2,4,6,11,13,15H,3,5,7-9H2/t11-,13-/m0/s1. The molecule has 2 aliphatic rings. The molecule has 0 amide bonds. The summed E-state index contributed by atoms with van der Waals surface area (Å²) in [7, 11) is 0. The summed E-state index contributed by atoms with van der Waals surface area (Å²) in [6.07, 6.45) is 3.68. The van der Waals surface area contributed by atoms with Crippen molar-refractivity contribution in [3.8, 4) is 0 Å². The normalized spacial score (nSPS) is 29.2. The molecule has 86 valence electrons. The average molecular weight is 220 g/mol. The van der Waals surface area contributed by atoms with Gasteiger partial charge in [-0.05, 0) is 31.4 Å². The van der Waals surface area contributed by atoms with Crippen molar-refractivity contribution >= 4 is 5.69 Å². The van der Waals surface area contributed by atoms with Gasteiger partial charge in [0.15, 0.2) is 0 Å². The maximum absolute atomic E-state index is 13.8. The molecular formula is C13H17FN2. The lowest BCUT2D eigenvalue weighted by Gasteiger charge is -2.40. The van der Waals surface area contributed by atoms with E-state index in [0.717, 1.165) is 18.8 Å². The van der Waals surface area contributed by atoms with Crippen molar-refractivity contribution in [3.05, 3.63) is 30.1 Å². The fourth-order valence-electron chi connectivity index (χ4n) is 3.07. The van der Waals surface area contributed by atoms with Gasteiger partial charge in [0.2, 0.25) is 0 Å². The Hall–Kier alpha value is -1.09. The van der Waals surface area contributed by atoms with Gasteiger partial charge in [-0.2, -0.15) is 0 Å². The van der Waals surface area contributed by atoms with Gasteiger partial charge in [-0.1, -0.05) is 12.1 Å². The molecular weight excluding hydrogens is 203 g/mol. The lowest BCUT2D eigenvalue weighted by molar-refractivity contribution is 0.400. The molecule has 1 aliphatic heterocycles. The summed E-state index contributed by atoms with van der Waals surface area (Å²) >= 11 is 0. The first-order valence-electron chi connectivity index (χ1n) is 6.11. The topological polar surface area (TPSA) is 15.3 Å². The van der Waals surface area contributed by atoms with Crippen molar-refractivity contribution in [1.29, 1.82) is 0 Å². The van der Waals surface area contributed by atoms with Crippen molar-refractivity contribution in [2.75, 3.05) is 18.0 Å². The third-order valence-corrected chi connectivity index (χ3v) is 3.80. The monoisotopic (exact) mass is 220 g/mol. The second-order valence-electron chi connectivity index (χ2n) is 4.70. The number of piperazine rings is 1.